The Morgan fingerprint density at radius 1 is 1.28 bits per heavy atom. The Labute approximate surface area is 168 Å². The quantitative estimate of drug-likeness (QED) is 0.492. The van der Waals surface area contributed by atoms with Gasteiger partial charge in [0.05, 0.1) is 6.61 Å². The van der Waals surface area contributed by atoms with Gasteiger partial charge in [-0.15, -0.1) is 0 Å². The Morgan fingerprint density at radius 3 is 2.76 bits per heavy atom. The van der Waals surface area contributed by atoms with Crippen LogP contribution in [0.3, 0.4) is 0 Å². The van der Waals surface area contributed by atoms with E-state index < -0.39 is 12.0 Å². The second-order valence-electron chi connectivity index (χ2n) is 6.95. The number of esters is 1. The van der Waals surface area contributed by atoms with Gasteiger partial charge in [0.1, 0.15) is 5.75 Å². The first-order chi connectivity index (χ1) is 14.0. The van der Waals surface area contributed by atoms with Crippen molar-refractivity contribution in [2.24, 2.45) is 5.92 Å². The highest BCUT2D eigenvalue weighted by atomic mass is 16.5. The second-order valence-corrected chi connectivity index (χ2v) is 6.95. The van der Waals surface area contributed by atoms with Crippen molar-refractivity contribution in [3.8, 4) is 5.75 Å². The summed E-state index contributed by atoms with van der Waals surface area (Å²) < 4.78 is 4.89. The van der Waals surface area contributed by atoms with Crippen LogP contribution in [0, 0.1) is 5.92 Å². The first-order valence-electron chi connectivity index (χ1n) is 9.62. The molecule has 1 fully saturated rings. The molecule has 2 aromatic rings. The highest BCUT2D eigenvalue weighted by molar-refractivity contribution is 5.99. The normalized spacial score (nSPS) is 17.3. The van der Waals surface area contributed by atoms with Crippen LogP contribution in [-0.2, 0) is 14.3 Å². The molecule has 0 radical (unpaired) electrons. The molecule has 2 amide bonds. The minimum absolute atomic E-state index is 0.0423. The van der Waals surface area contributed by atoms with Crippen LogP contribution in [0.4, 0.5) is 0 Å². The van der Waals surface area contributed by atoms with Crippen LogP contribution in [0.25, 0.3) is 10.8 Å². The molecular weight excluding hydrogens is 372 g/mol. The Morgan fingerprint density at radius 2 is 2.03 bits per heavy atom. The van der Waals surface area contributed by atoms with E-state index in [1.165, 1.54) is 6.08 Å². The molecule has 1 aliphatic rings. The van der Waals surface area contributed by atoms with E-state index >= 15 is 0 Å². The molecule has 2 atom stereocenters. The van der Waals surface area contributed by atoms with Crippen molar-refractivity contribution >= 4 is 28.6 Å². The fourth-order valence-electron chi connectivity index (χ4n) is 3.37. The zero-order valence-corrected chi connectivity index (χ0v) is 16.2. The van der Waals surface area contributed by atoms with E-state index in [0.29, 0.717) is 24.9 Å². The van der Waals surface area contributed by atoms with Crippen molar-refractivity contribution in [2.75, 3.05) is 13.2 Å². The van der Waals surface area contributed by atoms with E-state index in [0.717, 1.165) is 10.8 Å². The van der Waals surface area contributed by atoms with Crippen LogP contribution in [0.15, 0.2) is 48.6 Å². The molecule has 7 heteroatoms. The number of amides is 2. The molecule has 3 N–H and O–H groups in total. The fourth-order valence-corrected chi connectivity index (χ4v) is 3.37. The maximum Gasteiger partial charge on any atom is 0.330 e. The van der Waals surface area contributed by atoms with Crippen molar-refractivity contribution in [1.82, 2.24) is 10.6 Å². The number of phenolic OH excluding ortho intramolecular Hbond substituents is 1. The average Bonchev–Trinajstić information content (AvgIpc) is 3.10. The molecule has 7 nitrogen and oxygen atoms in total. The lowest BCUT2D eigenvalue weighted by Crippen LogP contribution is -2.36. The first-order valence-corrected chi connectivity index (χ1v) is 9.62. The molecule has 0 saturated carbocycles. The van der Waals surface area contributed by atoms with Gasteiger partial charge in [0, 0.05) is 30.1 Å². The number of ether oxygens (including phenoxy) is 1. The number of hydrogen-bond donors (Lipinski definition) is 3. The summed E-state index contributed by atoms with van der Waals surface area (Å²) in [7, 11) is 0. The van der Waals surface area contributed by atoms with E-state index in [1.807, 2.05) is 0 Å². The second kappa shape index (κ2) is 9.23. The minimum atomic E-state index is -0.492. The molecule has 0 aromatic heterocycles. The number of carbonyl (C=O) groups excluding carboxylic acids is 3. The van der Waals surface area contributed by atoms with Gasteiger partial charge in [-0.1, -0.05) is 18.2 Å². The summed E-state index contributed by atoms with van der Waals surface area (Å²) in [6, 6.07) is 9.61. The van der Waals surface area contributed by atoms with Crippen LogP contribution in [-0.4, -0.2) is 42.1 Å². The maximum atomic E-state index is 12.8. The molecule has 152 valence electrons. The predicted octanol–water partition coefficient (Wildman–Crippen LogP) is 2.29. The van der Waals surface area contributed by atoms with Crippen molar-refractivity contribution in [3.63, 3.8) is 0 Å². The van der Waals surface area contributed by atoms with Crippen molar-refractivity contribution in [2.45, 2.75) is 25.8 Å². The maximum absolute atomic E-state index is 12.8. The third kappa shape index (κ3) is 5.34. The molecule has 0 unspecified atom stereocenters. The number of aromatic hydroxyl groups is 1. The Hall–Kier alpha value is -3.35. The van der Waals surface area contributed by atoms with E-state index in [4.69, 9.17) is 4.74 Å². The van der Waals surface area contributed by atoms with Crippen molar-refractivity contribution in [1.29, 1.82) is 0 Å². The Balaban J connectivity index is 1.76. The van der Waals surface area contributed by atoms with Gasteiger partial charge in [0.25, 0.3) is 5.91 Å². The summed E-state index contributed by atoms with van der Waals surface area (Å²) in [6.45, 7) is 2.59. The van der Waals surface area contributed by atoms with Crippen molar-refractivity contribution < 1.29 is 24.2 Å². The van der Waals surface area contributed by atoms with E-state index in [2.05, 4.69) is 10.6 Å². The standard InChI is InChI=1S/C22H24N2O5/c1-2-29-20(26)8-6-18(12-17-9-10-23-21(17)27)24-22(28)16-4-3-15-13-19(25)7-5-14(15)11-16/h3-8,11,13,17-18,25H,2,9-10,12H2,1H3,(H,23,27)(H,24,28)/b8-6+/t17-,18+/m0/s1. The number of hydrogen-bond acceptors (Lipinski definition) is 5. The number of rotatable bonds is 7. The van der Waals surface area contributed by atoms with Crippen LogP contribution < -0.4 is 10.6 Å². The minimum Gasteiger partial charge on any atom is -0.508 e. The zero-order chi connectivity index (χ0) is 20.8. The summed E-state index contributed by atoms with van der Waals surface area (Å²) >= 11 is 0. The predicted molar refractivity (Wildman–Crippen MR) is 108 cm³/mol. The summed E-state index contributed by atoms with van der Waals surface area (Å²) in [6.07, 6.45) is 3.94. The van der Waals surface area contributed by atoms with Gasteiger partial charge < -0.3 is 20.5 Å². The summed E-state index contributed by atoms with van der Waals surface area (Å²) in [5.41, 5.74) is 0.452. The van der Waals surface area contributed by atoms with E-state index in [9.17, 15) is 19.5 Å². The molecule has 1 saturated heterocycles. The SMILES string of the molecule is CCOC(=O)/C=C/[C@H](C[C@@H]1CCNC1=O)NC(=O)c1ccc2cc(O)ccc2c1. The highest BCUT2D eigenvalue weighted by Gasteiger charge is 2.27. The van der Waals surface area contributed by atoms with Crippen LogP contribution in [0.5, 0.6) is 5.75 Å². The Bertz CT molecular complexity index is 953. The number of phenols is 1. The van der Waals surface area contributed by atoms with Gasteiger partial charge in [0.2, 0.25) is 5.91 Å². The fraction of sp³-hybridized carbons (Fsp3) is 0.318. The lowest BCUT2D eigenvalue weighted by Gasteiger charge is -2.18. The van der Waals surface area contributed by atoms with Crippen LogP contribution in [0.1, 0.15) is 30.1 Å². The van der Waals surface area contributed by atoms with Crippen molar-refractivity contribution in [3.05, 3.63) is 54.1 Å². The monoisotopic (exact) mass is 396 g/mol. The number of carbonyl (C=O) groups is 3. The van der Waals surface area contributed by atoms with Gasteiger partial charge in [0.15, 0.2) is 0 Å². The van der Waals surface area contributed by atoms with Gasteiger partial charge in [-0.05, 0) is 54.8 Å². The lowest BCUT2D eigenvalue weighted by molar-refractivity contribution is -0.137. The van der Waals surface area contributed by atoms with Gasteiger partial charge >= 0.3 is 5.97 Å². The largest absolute Gasteiger partial charge is 0.508 e. The molecule has 1 heterocycles. The van der Waals surface area contributed by atoms with E-state index in [1.54, 1.807) is 49.4 Å². The smallest absolute Gasteiger partial charge is 0.330 e. The lowest BCUT2D eigenvalue weighted by atomic mass is 9.97. The summed E-state index contributed by atoms with van der Waals surface area (Å²) in [4.78, 5) is 36.4. The molecule has 1 aliphatic heterocycles. The highest BCUT2D eigenvalue weighted by Crippen LogP contribution is 2.22. The summed E-state index contributed by atoms with van der Waals surface area (Å²) in [5.74, 6) is -0.898. The molecular formula is C22H24N2O5. The molecule has 0 bridgehead atoms. The molecule has 29 heavy (non-hydrogen) atoms. The van der Waals surface area contributed by atoms with Gasteiger partial charge in [-0.2, -0.15) is 0 Å². The van der Waals surface area contributed by atoms with Crippen LogP contribution >= 0.6 is 0 Å². The molecule has 3 rings (SSSR count). The van der Waals surface area contributed by atoms with Crippen LogP contribution in [0.2, 0.25) is 0 Å². The van der Waals surface area contributed by atoms with E-state index in [-0.39, 0.29) is 30.1 Å². The third-order valence-corrected chi connectivity index (χ3v) is 4.85. The topological polar surface area (TPSA) is 105 Å². The average molecular weight is 396 g/mol. The first kappa shape index (κ1) is 20.4. The zero-order valence-electron chi connectivity index (χ0n) is 16.2. The molecule has 2 aromatic carbocycles. The van der Waals surface area contributed by atoms with Gasteiger partial charge in [-0.3, -0.25) is 9.59 Å². The summed E-state index contributed by atoms with van der Waals surface area (Å²) in [5, 5.41) is 16.9. The third-order valence-electron chi connectivity index (χ3n) is 4.85. The molecule has 0 aliphatic carbocycles. The number of fused-ring (bicyclic) bond motifs is 1. The van der Waals surface area contributed by atoms with Gasteiger partial charge in [-0.25, -0.2) is 4.79 Å². The number of nitrogens with one attached hydrogen (secondary N) is 2. The number of benzene rings is 2. The Kier molecular flexibility index (Phi) is 6.49. The molecule has 0 spiro atoms.